The van der Waals surface area contributed by atoms with Crippen molar-refractivity contribution >= 4 is 0 Å². The van der Waals surface area contributed by atoms with Crippen LogP contribution in [0.4, 0.5) is 0 Å². The van der Waals surface area contributed by atoms with E-state index < -0.39 is 5.79 Å². The molecule has 0 spiro atoms. The minimum absolute atomic E-state index is 0.0902. The standard InChI is InChI=1S/C21H20O2/c22-21(23,19-14-8-3-9-15-19)16-20(17-10-4-1-5-11-17)18-12-6-2-7-13-18/h1-15,20,22-23H,16H2. The molecule has 0 aliphatic heterocycles. The summed E-state index contributed by atoms with van der Waals surface area (Å²) in [6, 6.07) is 28.9. The highest BCUT2D eigenvalue weighted by atomic mass is 16.5. The van der Waals surface area contributed by atoms with Crippen LogP contribution in [0.5, 0.6) is 0 Å². The number of rotatable bonds is 5. The lowest BCUT2D eigenvalue weighted by Gasteiger charge is -2.28. The Labute approximate surface area is 136 Å². The first-order chi connectivity index (χ1) is 11.2. The molecule has 23 heavy (non-hydrogen) atoms. The lowest BCUT2D eigenvalue weighted by molar-refractivity contribution is -0.176. The van der Waals surface area contributed by atoms with Gasteiger partial charge in [0.15, 0.2) is 5.79 Å². The van der Waals surface area contributed by atoms with Crippen molar-refractivity contribution in [2.45, 2.75) is 18.1 Å². The third-order valence-corrected chi connectivity index (χ3v) is 4.13. The normalized spacial score (nSPS) is 11.6. The summed E-state index contributed by atoms with van der Waals surface area (Å²) >= 11 is 0. The van der Waals surface area contributed by atoms with Crippen LogP contribution in [0.15, 0.2) is 91.0 Å². The van der Waals surface area contributed by atoms with Crippen LogP contribution in [0.1, 0.15) is 29.0 Å². The van der Waals surface area contributed by atoms with Crippen molar-refractivity contribution < 1.29 is 10.2 Å². The molecule has 3 aromatic carbocycles. The van der Waals surface area contributed by atoms with E-state index in [2.05, 4.69) is 0 Å². The molecule has 2 nitrogen and oxygen atoms in total. The molecule has 3 aromatic rings. The maximum Gasteiger partial charge on any atom is 0.190 e. The fourth-order valence-electron chi connectivity index (χ4n) is 2.91. The van der Waals surface area contributed by atoms with Crippen LogP contribution in [0.25, 0.3) is 0 Å². The molecule has 0 saturated carbocycles. The van der Waals surface area contributed by atoms with E-state index in [1.54, 1.807) is 12.1 Å². The molecule has 0 saturated heterocycles. The van der Waals surface area contributed by atoms with Gasteiger partial charge in [-0.25, -0.2) is 0 Å². The third kappa shape index (κ3) is 3.67. The van der Waals surface area contributed by atoms with Gasteiger partial charge < -0.3 is 10.2 Å². The fourth-order valence-corrected chi connectivity index (χ4v) is 2.91. The number of aliphatic hydroxyl groups is 2. The number of hydrogen-bond donors (Lipinski definition) is 2. The maximum absolute atomic E-state index is 10.6. The number of benzene rings is 3. The van der Waals surface area contributed by atoms with E-state index in [0.717, 1.165) is 11.1 Å². The maximum atomic E-state index is 10.6. The van der Waals surface area contributed by atoms with Crippen LogP contribution in [0.2, 0.25) is 0 Å². The summed E-state index contributed by atoms with van der Waals surface area (Å²) in [5.41, 5.74) is 2.65. The van der Waals surface area contributed by atoms with E-state index >= 15 is 0 Å². The summed E-state index contributed by atoms with van der Waals surface area (Å²) in [7, 11) is 0. The monoisotopic (exact) mass is 304 g/mol. The van der Waals surface area contributed by atoms with Gasteiger partial charge in [-0.05, 0) is 11.1 Å². The minimum atomic E-state index is -1.88. The van der Waals surface area contributed by atoms with E-state index in [1.807, 2.05) is 78.9 Å². The van der Waals surface area contributed by atoms with Crippen molar-refractivity contribution in [1.29, 1.82) is 0 Å². The molecule has 0 aromatic heterocycles. The van der Waals surface area contributed by atoms with Crippen LogP contribution < -0.4 is 0 Å². The predicted molar refractivity (Wildman–Crippen MR) is 91.9 cm³/mol. The van der Waals surface area contributed by atoms with Crippen molar-refractivity contribution in [3.05, 3.63) is 108 Å². The molecule has 2 N–H and O–H groups in total. The Kier molecular flexibility index (Phi) is 4.56. The SMILES string of the molecule is OC(O)(CC(c1ccccc1)c1ccccc1)c1ccccc1. The first-order valence-electron chi connectivity index (χ1n) is 7.77. The Balaban J connectivity index is 1.97. The first-order valence-corrected chi connectivity index (χ1v) is 7.77. The molecule has 0 amide bonds. The third-order valence-electron chi connectivity index (χ3n) is 4.13. The molecule has 116 valence electrons. The van der Waals surface area contributed by atoms with Crippen molar-refractivity contribution in [2.75, 3.05) is 0 Å². The van der Waals surface area contributed by atoms with Crippen LogP contribution in [0.3, 0.4) is 0 Å². The summed E-state index contributed by atoms with van der Waals surface area (Å²) in [6.45, 7) is 0. The van der Waals surface area contributed by atoms with Gasteiger partial charge in [0.1, 0.15) is 0 Å². The lowest BCUT2D eigenvalue weighted by atomic mass is 9.83. The van der Waals surface area contributed by atoms with Crippen LogP contribution in [-0.2, 0) is 5.79 Å². The van der Waals surface area contributed by atoms with Gasteiger partial charge in [0.2, 0.25) is 0 Å². The quantitative estimate of drug-likeness (QED) is 0.698. The van der Waals surface area contributed by atoms with Crippen LogP contribution in [0, 0.1) is 0 Å². The highest BCUT2D eigenvalue weighted by Gasteiger charge is 2.31. The number of hydrogen-bond acceptors (Lipinski definition) is 2. The molecule has 0 aliphatic rings. The van der Waals surface area contributed by atoms with Gasteiger partial charge in [-0.2, -0.15) is 0 Å². The van der Waals surface area contributed by atoms with Gasteiger partial charge in [0.25, 0.3) is 0 Å². The molecular weight excluding hydrogens is 284 g/mol. The Morgan fingerprint density at radius 1 is 0.609 bits per heavy atom. The second-order valence-corrected chi connectivity index (χ2v) is 5.76. The molecule has 0 aliphatic carbocycles. The zero-order valence-electron chi connectivity index (χ0n) is 12.8. The summed E-state index contributed by atoms with van der Waals surface area (Å²) in [4.78, 5) is 0. The highest BCUT2D eigenvalue weighted by Crippen LogP contribution is 2.35. The van der Waals surface area contributed by atoms with Gasteiger partial charge >= 0.3 is 0 Å². The molecule has 0 heterocycles. The molecule has 3 rings (SSSR count). The van der Waals surface area contributed by atoms with Gasteiger partial charge in [0, 0.05) is 17.9 Å². The Bertz CT molecular complexity index is 682. The van der Waals surface area contributed by atoms with E-state index in [9.17, 15) is 10.2 Å². The smallest absolute Gasteiger partial charge is 0.190 e. The second-order valence-electron chi connectivity index (χ2n) is 5.76. The minimum Gasteiger partial charge on any atom is -0.362 e. The van der Waals surface area contributed by atoms with Crippen molar-refractivity contribution in [2.24, 2.45) is 0 Å². The zero-order chi connectivity index (χ0) is 16.1. The van der Waals surface area contributed by atoms with Crippen LogP contribution >= 0.6 is 0 Å². The largest absolute Gasteiger partial charge is 0.362 e. The molecular formula is C21H20O2. The Hall–Kier alpha value is -2.42. The van der Waals surface area contributed by atoms with Crippen molar-refractivity contribution in [3.63, 3.8) is 0 Å². The first kappa shape index (κ1) is 15.5. The van der Waals surface area contributed by atoms with E-state index in [-0.39, 0.29) is 12.3 Å². The molecule has 0 unspecified atom stereocenters. The van der Waals surface area contributed by atoms with E-state index in [4.69, 9.17) is 0 Å². The Morgan fingerprint density at radius 2 is 1.00 bits per heavy atom. The fraction of sp³-hybridized carbons (Fsp3) is 0.143. The Morgan fingerprint density at radius 3 is 1.43 bits per heavy atom. The van der Waals surface area contributed by atoms with E-state index in [1.165, 1.54) is 0 Å². The van der Waals surface area contributed by atoms with Crippen molar-refractivity contribution in [1.82, 2.24) is 0 Å². The van der Waals surface area contributed by atoms with Gasteiger partial charge in [-0.1, -0.05) is 91.0 Å². The highest BCUT2D eigenvalue weighted by molar-refractivity contribution is 5.33. The predicted octanol–water partition coefficient (Wildman–Crippen LogP) is 4.05. The van der Waals surface area contributed by atoms with Gasteiger partial charge in [-0.3, -0.25) is 0 Å². The summed E-state index contributed by atoms with van der Waals surface area (Å²) in [6.07, 6.45) is 0.199. The zero-order valence-corrected chi connectivity index (χ0v) is 12.8. The molecule has 0 fully saturated rings. The molecule has 0 atom stereocenters. The molecule has 0 radical (unpaired) electrons. The summed E-state index contributed by atoms with van der Waals surface area (Å²) in [5, 5.41) is 21.3. The molecule has 2 heteroatoms. The van der Waals surface area contributed by atoms with Gasteiger partial charge in [-0.15, -0.1) is 0 Å². The molecule has 0 bridgehead atoms. The van der Waals surface area contributed by atoms with Gasteiger partial charge in [0.05, 0.1) is 0 Å². The second kappa shape index (κ2) is 6.78. The summed E-state index contributed by atoms with van der Waals surface area (Å²) < 4.78 is 0. The average molecular weight is 304 g/mol. The van der Waals surface area contributed by atoms with Crippen LogP contribution in [-0.4, -0.2) is 10.2 Å². The van der Waals surface area contributed by atoms with Crippen molar-refractivity contribution in [3.8, 4) is 0 Å². The topological polar surface area (TPSA) is 40.5 Å². The summed E-state index contributed by atoms with van der Waals surface area (Å²) in [5.74, 6) is -1.97. The average Bonchev–Trinajstić information content (AvgIpc) is 2.62. The lowest BCUT2D eigenvalue weighted by Crippen LogP contribution is -2.28. The van der Waals surface area contributed by atoms with E-state index in [0.29, 0.717) is 5.56 Å².